The van der Waals surface area contributed by atoms with Gasteiger partial charge in [0.15, 0.2) is 0 Å². The Kier molecular flexibility index (Phi) is 6.73. The number of carbonyl (C=O) groups excluding carboxylic acids is 2. The van der Waals surface area contributed by atoms with Crippen LogP contribution in [-0.2, 0) is 9.59 Å². The molecular weight excluding hydrogens is 274 g/mol. The lowest BCUT2D eigenvalue weighted by Crippen LogP contribution is -2.43. The van der Waals surface area contributed by atoms with Gasteiger partial charge in [0.05, 0.1) is 6.54 Å². The van der Waals surface area contributed by atoms with Crippen LogP contribution >= 0.6 is 0 Å². The van der Waals surface area contributed by atoms with Gasteiger partial charge >= 0.3 is 12.0 Å². The number of carboxylic acid groups (broad SMARTS) is 1. The Morgan fingerprint density at radius 1 is 1.05 bits per heavy atom. The quantitative estimate of drug-likeness (QED) is 0.579. The molecule has 0 aliphatic carbocycles. The number of nitrogens with one attached hydrogen (secondary N) is 3. The molecule has 1 aromatic rings. The van der Waals surface area contributed by atoms with E-state index in [4.69, 9.17) is 5.11 Å². The molecule has 3 amide bonds. The maximum absolute atomic E-state index is 11.5. The van der Waals surface area contributed by atoms with E-state index in [1.807, 2.05) is 37.3 Å². The minimum atomic E-state index is -1.13. The van der Waals surface area contributed by atoms with Crippen LogP contribution in [0, 0.1) is 0 Å². The minimum absolute atomic E-state index is 0.151. The Hall–Kier alpha value is -2.57. The van der Waals surface area contributed by atoms with Crippen molar-refractivity contribution in [2.75, 3.05) is 19.6 Å². The fourth-order valence-electron chi connectivity index (χ4n) is 1.60. The van der Waals surface area contributed by atoms with E-state index in [9.17, 15) is 14.4 Å². The maximum atomic E-state index is 11.5. The molecule has 0 radical (unpaired) electrons. The van der Waals surface area contributed by atoms with E-state index >= 15 is 0 Å². The average molecular weight is 293 g/mol. The van der Waals surface area contributed by atoms with Gasteiger partial charge in [-0.2, -0.15) is 0 Å². The van der Waals surface area contributed by atoms with E-state index in [1.54, 1.807) is 0 Å². The molecule has 0 aromatic heterocycles. The minimum Gasteiger partial charge on any atom is -0.480 e. The second kappa shape index (κ2) is 8.57. The van der Waals surface area contributed by atoms with Gasteiger partial charge in [0.1, 0.15) is 6.54 Å². The van der Waals surface area contributed by atoms with Crippen LogP contribution in [0.4, 0.5) is 4.79 Å². The highest BCUT2D eigenvalue weighted by molar-refractivity contribution is 5.86. The van der Waals surface area contributed by atoms with Crippen molar-refractivity contribution in [3.05, 3.63) is 35.9 Å². The standard InChI is InChI=1S/C14H19N3O4/c1-10(11-5-3-2-4-6-11)7-16-14(21)17-8-12(18)15-9-13(19)20/h2-6,10H,7-9H2,1H3,(H,15,18)(H,19,20)(H2,16,17,21). The number of hydrogen-bond acceptors (Lipinski definition) is 3. The summed E-state index contributed by atoms with van der Waals surface area (Å²) in [5.74, 6) is -1.54. The lowest BCUT2D eigenvalue weighted by Gasteiger charge is -2.13. The number of rotatable bonds is 7. The summed E-state index contributed by atoms with van der Waals surface area (Å²) < 4.78 is 0. The van der Waals surface area contributed by atoms with Crippen LogP contribution < -0.4 is 16.0 Å². The molecular formula is C14H19N3O4. The van der Waals surface area contributed by atoms with E-state index in [1.165, 1.54) is 0 Å². The number of aliphatic carboxylic acids is 1. The molecule has 0 fully saturated rings. The number of benzene rings is 1. The Balaban J connectivity index is 2.22. The fraction of sp³-hybridized carbons (Fsp3) is 0.357. The number of amides is 3. The Bertz CT molecular complexity index is 490. The first-order chi connectivity index (χ1) is 9.99. The second-order valence-electron chi connectivity index (χ2n) is 4.55. The molecule has 0 heterocycles. The van der Waals surface area contributed by atoms with Gasteiger partial charge in [-0.1, -0.05) is 37.3 Å². The Labute approximate surface area is 122 Å². The first-order valence-corrected chi connectivity index (χ1v) is 6.54. The molecule has 1 unspecified atom stereocenters. The van der Waals surface area contributed by atoms with Crippen LogP contribution in [0.25, 0.3) is 0 Å². The Morgan fingerprint density at radius 3 is 2.33 bits per heavy atom. The number of urea groups is 1. The lowest BCUT2D eigenvalue weighted by molar-refractivity contribution is -0.137. The van der Waals surface area contributed by atoms with Crippen molar-refractivity contribution in [3.63, 3.8) is 0 Å². The molecule has 0 aliphatic rings. The summed E-state index contributed by atoms with van der Waals surface area (Å²) in [5.41, 5.74) is 1.11. The number of carbonyl (C=O) groups is 3. The van der Waals surface area contributed by atoms with Crippen LogP contribution in [0.5, 0.6) is 0 Å². The zero-order valence-corrected chi connectivity index (χ0v) is 11.8. The largest absolute Gasteiger partial charge is 0.480 e. The zero-order valence-electron chi connectivity index (χ0n) is 11.8. The second-order valence-corrected chi connectivity index (χ2v) is 4.55. The number of carboxylic acids is 1. The summed E-state index contributed by atoms with van der Waals surface area (Å²) >= 11 is 0. The van der Waals surface area contributed by atoms with Crippen molar-refractivity contribution in [2.45, 2.75) is 12.8 Å². The van der Waals surface area contributed by atoms with Crippen LogP contribution in [0.1, 0.15) is 18.4 Å². The third-order valence-electron chi connectivity index (χ3n) is 2.78. The van der Waals surface area contributed by atoms with Gasteiger partial charge in [-0.3, -0.25) is 9.59 Å². The normalized spacial score (nSPS) is 11.3. The Morgan fingerprint density at radius 2 is 1.71 bits per heavy atom. The van der Waals surface area contributed by atoms with Crippen LogP contribution in [-0.4, -0.2) is 42.6 Å². The van der Waals surface area contributed by atoms with Crippen molar-refractivity contribution in [1.29, 1.82) is 0 Å². The van der Waals surface area contributed by atoms with Gasteiger partial charge in [0, 0.05) is 6.54 Å². The summed E-state index contributed by atoms with van der Waals surface area (Å²) in [7, 11) is 0. The summed E-state index contributed by atoms with van der Waals surface area (Å²) in [4.78, 5) is 32.9. The maximum Gasteiger partial charge on any atom is 0.322 e. The molecule has 1 aromatic carbocycles. The predicted molar refractivity (Wildman–Crippen MR) is 76.9 cm³/mol. The highest BCUT2D eigenvalue weighted by Gasteiger charge is 2.09. The van der Waals surface area contributed by atoms with Crippen LogP contribution in [0.15, 0.2) is 30.3 Å². The molecule has 7 heteroatoms. The van der Waals surface area contributed by atoms with Crippen molar-refractivity contribution in [2.24, 2.45) is 0 Å². The predicted octanol–water partition coefficient (Wildman–Crippen LogP) is 0.290. The van der Waals surface area contributed by atoms with Crippen molar-refractivity contribution in [1.82, 2.24) is 16.0 Å². The summed E-state index contributed by atoms with van der Waals surface area (Å²) in [6.45, 7) is 1.69. The van der Waals surface area contributed by atoms with Crippen LogP contribution in [0.2, 0.25) is 0 Å². The first-order valence-electron chi connectivity index (χ1n) is 6.54. The van der Waals surface area contributed by atoms with E-state index < -0.39 is 24.5 Å². The van der Waals surface area contributed by atoms with Gasteiger partial charge in [0.2, 0.25) is 5.91 Å². The lowest BCUT2D eigenvalue weighted by atomic mass is 10.0. The molecule has 0 saturated carbocycles. The smallest absolute Gasteiger partial charge is 0.322 e. The molecule has 0 bridgehead atoms. The average Bonchev–Trinajstić information content (AvgIpc) is 2.49. The van der Waals surface area contributed by atoms with E-state index in [-0.39, 0.29) is 12.5 Å². The summed E-state index contributed by atoms with van der Waals surface area (Å²) in [6, 6.07) is 9.26. The van der Waals surface area contributed by atoms with Gasteiger partial charge in [0.25, 0.3) is 0 Å². The van der Waals surface area contributed by atoms with E-state index in [0.29, 0.717) is 6.54 Å². The SMILES string of the molecule is CC(CNC(=O)NCC(=O)NCC(=O)O)c1ccccc1. The van der Waals surface area contributed by atoms with E-state index in [2.05, 4.69) is 16.0 Å². The van der Waals surface area contributed by atoms with Gasteiger partial charge in [-0.05, 0) is 11.5 Å². The highest BCUT2D eigenvalue weighted by Crippen LogP contribution is 2.12. The molecule has 1 atom stereocenters. The molecule has 1 rings (SSSR count). The number of hydrogen-bond donors (Lipinski definition) is 4. The molecule has 0 spiro atoms. The van der Waals surface area contributed by atoms with Gasteiger partial charge < -0.3 is 21.1 Å². The molecule has 4 N–H and O–H groups in total. The first kappa shape index (κ1) is 16.5. The van der Waals surface area contributed by atoms with Gasteiger partial charge in [-0.25, -0.2) is 4.79 Å². The molecule has 0 aliphatic heterocycles. The molecule has 21 heavy (non-hydrogen) atoms. The van der Waals surface area contributed by atoms with Gasteiger partial charge in [-0.15, -0.1) is 0 Å². The van der Waals surface area contributed by atoms with Crippen molar-refractivity contribution < 1.29 is 19.5 Å². The fourth-order valence-corrected chi connectivity index (χ4v) is 1.60. The monoisotopic (exact) mass is 293 g/mol. The van der Waals surface area contributed by atoms with Crippen molar-refractivity contribution >= 4 is 17.9 Å². The summed E-state index contributed by atoms with van der Waals surface area (Å²) in [5, 5.41) is 15.5. The van der Waals surface area contributed by atoms with E-state index in [0.717, 1.165) is 5.56 Å². The van der Waals surface area contributed by atoms with Crippen molar-refractivity contribution in [3.8, 4) is 0 Å². The molecule has 0 saturated heterocycles. The molecule has 7 nitrogen and oxygen atoms in total. The molecule has 114 valence electrons. The highest BCUT2D eigenvalue weighted by atomic mass is 16.4. The third-order valence-corrected chi connectivity index (χ3v) is 2.78. The zero-order chi connectivity index (χ0) is 15.7. The topological polar surface area (TPSA) is 108 Å². The summed E-state index contributed by atoms with van der Waals surface area (Å²) in [6.07, 6.45) is 0. The third kappa shape index (κ3) is 6.95. The van der Waals surface area contributed by atoms with Crippen LogP contribution in [0.3, 0.4) is 0 Å².